The van der Waals surface area contributed by atoms with Crippen molar-refractivity contribution < 1.29 is 26.5 Å². The van der Waals surface area contributed by atoms with Gasteiger partial charge in [0.1, 0.15) is 23.2 Å². The monoisotopic (exact) mass is 459 g/mol. The number of nitrogens with zero attached hydrogens (tertiary/aromatic N) is 4. The predicted octanol–water partition coefficient (Wildman–Crippen LogP) is 5.38. The van der Waals surface area contributed by atoms with Crippen LogP contribution in [0.5, 0.6) is 0 Å². The SMILES string of the molecule is Fc1ccc(-c2cc(CN3Cc4nc(-c5ccccc5F)[nH]c4C=N3)on2)c(C(F)(F)F)c1. The molecule has 0 bridgehead atoms. The Bertz CT molecular complexity index is 1360. The molecule has 1 aliphatic heterocycles. The zero-order chi connectivity index (χ0) is 23.2. The molecule has 6 nitrogen and oxygen atoms in total. The molecule has 4 aromatic rings. The molecule has 11 heteroatoms. The molecule has 0 amide bonds. The van der Waals surface area contributed by atoms with Gasteiger partial charge in [-0.2, -0.15) is 18.3 Å². The van der Waals surface area contributed by atoms with E-state index in [1.54, 1.807) is 23.2 Å². The maximum Gasteiger partial charge on any atom is 0.417 e. The molecule has 0 spiro atoms. The third-order valence-corrected chi connectivity index (χ3v) is 5.08. The van der Waals surface area contributed by atoms with E-state index < -0.39 is 23.4 Å². The number of alkyl halides is 3. The van der Waals surface area contributed by atoms with Crippen LogP contribution in [0.3, 0.4) is 0 Å². The van der Waals surface area contributed by atoms with Gasteiger partial charge in [-0.1, -0.05) is 17.3 Å². The van der Waals surface area contributed by atoms with Gasteiger partial charge < -0.3 is 9.51 Å². The average Bonchev–Trinajstić information content (AvgIpc) is 3.40. The highest BCUT2D eigenvalue weighted by molar-refractivity contribution is 5.80. The summed E-state index contributed by atoms with van der Waals surface area (Å²) in [5.41, 5.74) is 0.0854. The van der Waals surface area contributed by atoms with Crippen LogP contribution in [0.25, 0.3) is 22.6 Å². The second-order valence-corrected chi connectivity index (χ2v) is 7.36. The summed E-state index contributed by atoms with van der Waals surface area (Å²) in [6, 6.07) is 9.94. The minimum absolute atomic E-state index is 0.0689. The van der Waals surface area contributed by atoms with E-state index >= 15 is 0 Å². The molecule has 0 fully saturated rings. The number of aromatic nitrogens is 3. The number of imidazole rings is 1. The van der Waals surface area contributed by atoms with Crippen molar-refractivity contribution >= 4 is 6.21 Å². The maximum absolute atomic E-state index is 14.1. The maximum atomic E-state index is 14.1. The molecule has 0 saturated carbocycles. The van der Waals surface area contributed by atoms with Crippen molar-refractivity contribution in [3.05, 3.63) is 82.9 Å². The van der Waals surface area contributed by atoms with Gasteiger partial charge in [0.25, 0.3) is 0 Å². The smallest absolute Gasteiger partial charge is 0.359 e. The van der Waals surface area contributed by atoms with Crippen molar-refractivity contribution in [2.75, 3.05) is 0 Å². The number of fused-ring (bicyclic) bond motifs is 1. The summed E-state index contributed by atoms with van der Waals surface area (Å²) < 4.78 is 72.5. The number of hydrogen-bond donors (Lipinski definition) is 1. The molecule has 0 unspecified atom stereocenters. The van der Waals surface area contributed by atoms with Gasteiger partial charge in [-0.3, -0.25) is 5.01 Å². The van der Waals surface area contributed by atoms with Crippen LogP contribution in [0.1, 0.15) is 22.7 Å². The topological polar surface area (TPSA) is 70.3 Å². The molecule has 2 aromatic carbocycles. The molecule has 168 valence electrons. The Hall–Kier alpha value is -4.02. The number of H-pyrrole nitrogens is 1. The summed E-state index contributed by atoms with van der Waals surface area (Å²) in [6.07, 6.45) is -3.23. The molecule has 5 rings (SSSR count). The highest BCUT2D eigenvalue weighted by Crippen LogP contribution is 2.37. The highest BCUT2D eigenvalue weighted by atomic mass is 19.4. The number of nitrogens with one attached hydrogen (secondary N) is 1. The van der Waals surface area contributed by atoms with Crippen LogP contribution in [0.4, 0.5) is 22.0 Å². The Morgan fingerprint density at radius 3 is 2.64 bits per heavy atom. The molecule has 0 radical (unpaired) electrons. The third-order valence-electron chi connectivity index (χ3n) is 5.08. The van der Waals surface area contributed by atoms with Crippen molar-refractivity contribution in [3.63, 3.8) is 0 Å². The highest BCUT2D eigenvalue weighted by Gasteiger charge is 2.35. The van der Waals surface area contributed by atoms with Crippen molar-refractivity contribution in [1.82, 2.24) is 20.1 Å². The number of benzene rings is 2. The van der Waals surface area contributed by atoms with E-state index in [2.05, 4.69) is 20.2 Å². The van der Waals surface area contributed by atoms with Gasteiger partial charge in [-0.25, -0.2) is 13.8 Å². The second kappa shape index (κ2) is 7.84. The molecular formula is C22H14F5N5O. The second-order valence-electron chi connectivity index (χ2n) is 7.36. The number of hydrogen-bond acceptors (Lipinski definition) is 5. The van der Waals surface area contributed by atoms with E-state index in [0.717, 1.165) is 12.1 Å². The predicted molar refractivity (Wildman–Crippen MR) is 108 cm³/mol. The first-order valence-electron chi connectivity index (χ1n) is 9.73. The van der Waals surface area contributed by atoms with Gasteiger partial charge in [0.2, 0.25) is 0 Å². The van der Waals surface area contributed by atoms with E-state index in [1.807, 2.05) is 0 Å². The summed E-state index contributed by atoms with van der Waals surface area (Å²) in [4.78, 5) is 7.46. The molecule has 0 saturated heterocycles. The molecular weight excluding hydrogens is 445 g/mol. The van der Waals surface area contributed by atoms with Crippen LogP contribution in [0, 0.1) is 11.6 Å². The molecule has 0 atom stereocenters. The summed E-state index contributed by atoms with van der Waals surface area (Å²) in [7, 11) is 0. The Labute approximate surface area is 183 Å². The first-order valence-corrected chi connectivity index (χ1v) is 9.73. The van der Waals surface area contributed by atoms with Crippen molar-refractivity contribution in [1.29, 1.82) is 0 Å². The number of hydrazone groups is 1. The average molecular weight is 459 g/mol. The lowest BCUT2D eigenvalue weighted by Gasteiger charge is -2.19. The minimum Gasteiger partial charge on any atom is -0.359 e. The van der Waals surface area contributed by atoms with E-state index in [1.165, 1.54) is 18.3 Å². The zero-order valence-corrected chi connectivity index (χ0v) is 16.7. The van der Waals surface area contributed by atoms with E-state index in [0.29, 0.717) is 28.8 Å². The molecule has 1 aliphatic rings. The van der Waals surface area contributed by atoms with E-state index in [-0.39, 0.29) is 30.1 Å². The van der Waals surface area contributed by atoms with Crippen LogP contribution < -0.4 is 0 Å². The van der Waals surface area contributed by atoms with E-state index in [9.17, 15) is 22.0 Å². The van der Waals surface area contributed by atoms with Crippen molar-refractivity contribution in [2.45, 2.75) is 19.3 Å². The fourth-order valence-electron chi connectivity index (χ4n) is 3.55. The summed E-state index contributed by atoms with van der Waals surface area (Å²) in [6.45, 7) is 0.366. The van der Waals surface area contributed by atoms with Crippen molar-refractivity contribution in [3.8, 4) is 22.6 Å². The van der Waals surface area contributed by atoms with Gasteiger partial charge in [-0.05, 0) is 30.3 Å². The summed E-state index contributed by atoms with van der Waals surface area (Å²) >= 11 is 0. The molecule has 3 heterocycles. The molecule has 33 heavy (non-hydrogen) atoms. The summed E-state index contributed by atoms with van der Waals surface area (Å²) in [5.74, 6) is -0.787. The van der Waals surface area contributed by atoms with Crippen LogP contribution in [0.15, 0.2) is 58.2 Å². The third kappa shape index (κ3) is 4.09. The van der Waals surface area contributed by atoms with Gasteiger partial charge in [-0.15, -0.1) is 0 Å². The Balaban J connectivity index is 1.35. The molecule has 2 aromatic heterocycles. The van der Waals surface area contributed by atoms with Gasteiger partial charge in [0, 0.05) is 11.6 Å². The van der Waals surface area contributed by atoms with Crippen molar-refractivity contribution in [2.24, 2.45) is 5.10 Å². The Morgan fingerprint density at radius 2 is 1.85 bits per heavy atom. The lowest BCUT2D eigenvalue weighted by atomic mass is 10.0. The normalized spacial score (nSPS) is 13.4. The van der Waals surface area contributed by atoms with Crippen LogP contribution in [-0.4, -0.2) is 26.3 Å². The molecule has 0 aliphatic carbocycles. The minimum atomic E-state index is -4.75. The van der Waals surface area contributed by atoms with Crippen LogP contribution in [0.2, 0.25) is 0 Å². The van der Waals surface area contributed by atoms with Crippen LogP contribution in [-0.2, 0) is 19.3 Å². The molecule has 1 N–H and O–H groups in total. The van der Waals surface area contributed by atoms with Gasteiger partial charge in [0.15, 0.2) is 5.76 Å². The quantitative estimate of drug-likeness (QED) is 0.416. The number of halogens is 5. The first kappa shape index (κ1) is 20.9. The Kier molecular flexibility index (Phi) is 4.95. The first-order chi connectivity index (χ1) is 15.8. The fraction of sp³-hybridized carbons (Fsp3) is 0.136. The Morgan fingerprint density at radius 1 is 1.03 bits per heavy atom. The largest absolute Gasteiger partial charge is 0.417 e. The number of rotatable bonds is 4. The standard InChI is InChI=1S/C22H14F5N5O/c23-12-5-6-14(16(7-12)22(25,26)27)18-8-13(33-31-18)10-32-11-20-19(9-28-32)29-21(30-20)15-3-1-2-4-17(15)24/h1-9H,10-11H2,(H,29,30). The zero-order valence-electron chi connectivity index (χ0n) is 16.7. The summed E-state index contributed by atoms with van der Waals surface area (Å²) in [5, 5.41) is 9.56. The lowest BCUT2D eigenvalue weighted by molar-refractivity contribution is -0.137. The fourth-order valence-corrected chi connectivity index (χ4v) is 3.55. The van der Waals surface area contributed by atoms with Gasteiger partial charge >= 0.3 is 6.18 Å². The van der Waals surface area contributed by atoms with Gasteiger partial charge in [0.05, 0.1) is 41.8 Å². The lowest BCUT2D eigenvalue weighted by Crippen LogP contribution is -2.21. The van der Waals surface area contributed by atoms with Crippen LogP contribution >= 0.6 is 0 Å². The number of aromatic amines is 1. The van der Waals surface area contributed by atoms with E-state index in [4.69, 9.17) is 4.52 Å².